The molecule has 37 heavy (non-hydrogen) atoms. The summed E-state index contributed by atoms with van der Waals surface area (Å²) in [5.74, 6) is 2.95. The van der Waals surface area contributed by atoms with E-state index in [4.69, 9.17) is 18.9 Å². The van der Waals surface area contributed by atoms with Crippen LogP contribution in [0, 0.1) is 23.7 Å². The SMILES string of the molecule is CC(C)=CCCC(C)CCC=C(OC1CCCCO1)[C@H]1[C@@H]2CC(CCO)=C[C@@H]2C[C@@H]1OC1CCCCO1. The molecule has 5 heteroatoms. The second-order valence-electron chi connectivity index (χ2n) is 12.1. The van der Waals surface area contributed by atoms with Crippen LogP contribution in [0.4, 0.5) is 0 Å². The Morgan fingerprint density at radius 1 is 1.03 bits per heavy atom. The maximum absolute atomic E-state index is 9.57. The first kappa shape index (κ1) is 28.9. The Bertz CT molecular complexity index is 770. The molecule has 0 spiro atoms. The van der Waals surface area contributed by atoms with Crippen molar-refractivity contribution in [2.75, 3.05) is 19.8 Å². The Morgan fingerprint density at radius 2 is 1.73 bits per heavy atom. The number of allylic oxidation sites excluding steroid dienone is 4. The highest BCUT2D eigenvalue weighted by Crippen LogP contribution is 2.52. The van der Waals surface area contributed by atoms with Gasteiger partial charge in [0.2, 0.25) is 0 Å². The van der Waals surface area contributed by atoms with Crippen LogP contribution in [-0.2, 0) is 18.9 Å². The standard InChI is InChI=1S/C32H52O5/c1-23(2)10-8-11-24(3)12-9-13-28(36-30-14-4-6-18-34-30)32-27-21-25(16-17-33)20-26(27)22-29(32)37-31-15-5-7-19-35-31/h10,13,20,24,26-27,29-33H,4-9,11-12,14-19,21-22H2,1-3H3/t24?,26-,27-,29+,30?,31?,32-/m1/s1. The lowest BCUT2D eigenvalue weighted by atomic mass is 9.87. The predicted octanol–water partition coefficient (Wildman–Crippen LogP) is 7.45. The average molecular weight is 517 g/mol. The van der Waals surface area contributed by atoms with E-state index in [9.17, 15) is 5.11 Å². The molecule has 0 amide bonds. The van der Waals surface area contributed by atoms with Crippen molar-refractivity contribution in [1.82, 2.24) is 0 Å². The van der Waals surface area contributed by atoms with Gasteiger partial charge in [0, 0.05) is 25.6 Å². The van der Waals surface area contributed by atoms with E-state index >= 15 is 0 Å². The van der Waals surface area contributed by atoms with Crippen molar-refractivity contribution in [3.05, 3.63) is 35.1 Å². The fourth-order valence-electron chi connectivity index (χ4n) is 6.68. The van der Waals surface area contributed by atoms with Crippen molar-refractivity contribution in [3.8, 4) is 0 Å². The highest BCUT2D eigenvalue weighted by Gasteiger charge is 2.49. The van der Waals surface area contributed by atoms with E-state index in [1.807, 2.05) is 0 Å². The third kappa shape index (κ3) is 8.68. The van der Waals surface area contributed by atoms with Gasteiger partial charge in [-0.3, -0.25) is 0 Å². The average Bonchev–Trinajstić information content (AvgIpc) is 3.41. The fourth-order valence-corrected chi connectivity index (χ4v) is 6.68. The Labute approximate surface area is 225 Å². The molecule has 1 N–H and O–H groups in total. The lowest BCUT2D eigenvalue weighted by molar-refractivity contribution is -0.200. The molecule has 0 radical (unpaired) electrons. The van der Waals surface area contributed by atoms with Gasteiger partial charge in [0.25, 0.3) is 0 Å². The van der Waals surface area contributed by atoms with Gasteiger partial charge in [-0.15, -0.1) is 0 Å². The van der Waals surface area contributed by atoms with E-state index in [1.54, 1.807) is 0 Å². The molecular formula is C32H52O5. The largest absolute Gasteiger partial charge is 0.469 e. The third-order valence-corrected chi connectivity index (χ3v) is 8.71. The smallest absolute Gasteiger partial charge is 0.199 e. The van der Waals surface area contributed by atoms with E-state index in [0.29, 0.717) is 17.8 Å². The fraction of sp³-hybridized carbons (Fsp3) is 0.812. The lowest BCUT2D eigenvalue weighted by Crippen LogP contribution is -2.34. The first-order valence-electron chi connectivity index (χ1n) is 15.2. The van der Waals surface area contributed by atoms with Crippen LogP contribution < -0.4 is 0 Å². The molecule has 4 aliphatic rings. The number of aliphatic hydroxyl groups is 1. The summed E-state index contributed by atoms with van der Waals surface area (Å²) < 4.78 is 25.5. The third-order valence-electron chi connectivity index (χ3n) is 8.71. The first-order valence-corrected chi connectivity index (χ1v) is 15.2. The summed E-state index contributed by atoms with van der Waals surface area (Å²) >= 11 is 0. The molecule has 2 heterocycles. The minimum Gasteiger partial charge on any atom is -0.469 e. The summed E-state index contributed by atoms with van der Waals surface area (Å²) in [6.45, 7) is 8.55. The molecule has 2 saturated heterocycles. The van der Waals surface area contributed by atoms with E-state index in [1.165, 1.54) is 30.4 Å². The quantitative estimate of drug-likeness (QED) is 0.203. The Hall–Kier alpha value is -1.14. The highest BCUT2D eigenvalue weighted by atomic mass is 16.7. The van der Waals surface area contributed by atoms with E-state index in [2.05, 4.69) is 39.0 Å². The topological polar surface area (TPSA) is 57.2 Å². The summed E-state index contributed by atoms with van der Waals surface area (Å²) in [7, 11) is 0. The van der Waals surface area contributed by atoms with Gasteiger partial charge in [-0.25, -0.2) is 0 Å². The maximum atomic E-state index is 9.57. The van der Waals surface area contributed by atoms with Crippen molar-refractivity contribution < 1.29 is 24.1 Å². The van der Waals surface area contributed by atoms with E-state index in [0.717, 1.165) is 83.2 Å². The summed E-state index contributed by atoms with van der Waals surface area (Å²) in [6.07, 6.45) is 21.0. The highest BCUT2D eigenvalue weighted by molar-refractivity contribution is 5.23. The molecular weight excluding hydrogens is 464 g/mol. The van der Waals surface area contributed by atoms with Gasteiger partial charge in [-0.1, -0.05) is 30.2 Å². The van der Waals surface area contributed by atoms with Crippen LogP contribution in [0.3, 0.4) is 0 Å². The molecule has 0 aromatic rings. The number of ether oxygens (including phenoxy) is 4. The van der Waals surface area contributed by atoms with E-state index < -0.39 is 0 Å². The van der Waals surface area contributed by atoms with Crippen molar-refractivity contribution in [3.63, 3.8) is 0 Å². The molecule has 3 fully saturated rings. The van der Waals surface area contributed by atoms with Crippen LogP contribution in [0.25, 0.3) is 0 Å². The van der Waals surface area contributed by atoms with Crippen LogP contribution in [0.1, 0.15) is 104 Å². The number of hydrogen-bond acceptors (Lipinski definition) is 5. The minimum atomic E-state index is -0.146. The van der Waals surface area contributed by atoms with E-state index in [-0.39, 0.29) is 31.2 Å². The number of fused-ring (bicyclic) bond motifs is 1. The van der Waals surface area contributed by atoms with Crippen LogP contribution >= 0.6 is 0 Å². The van der Waals surface area contributed by atoms with Crippen LogP contribution in [0.5, 0.6) is 0 Å². The minimum absolute atomic E-state index is 0.0942. The van der Waals surface area contributed by atoms with Gasteiger partial charge in [0.15, 0.2) is 12.6 Å². The molecule has 0 bridgehead atoms. The van der Waals surface area contributed by atoms with Gasteiger partial charge in [0.1, 0.15) is 5.76 Å². The molecule has 3 unspecified atom stereocenters. The summed E-state index contributed by atoms with van der Waals surface area (Å²) in [5, 5.41) is 9.57. The van der Waals surface area contributed by atoms with Gasteiger partial charge in [-0.05, 0) is 115 Å². The Kier molecular flexibility index (Phi) is 11.6. The summed E-state index contributed by atoms with van der Waals surface area (Å²) in [5.41, 5.74) is 2.81. The number of rotatable bonds is 13. The predicted molar refractivity (Wildman–Crippen MR) is 148 cm³/mol. The van der Waals surface area contributed by atoms with Crippen molar-refractivity contribution >= 4 is 0 Å². The molecule has 210 valence electrons. The van der Waals surface area contributed by atoms with Gasteiger partial charge >= 0.3 is 0 Å². The molecule has 0 aromatic heterocycles. The molecule has 2 aliphatic carbocycles. The van der Waals surface area contributed by atoms with Crippen LogP contribution in [0.15, 0.2) is 35.1 Å². The zero-order valence-electron chi connectivity index (χ0n) is 23.7. The number of hydrogen-bond donors (Lipinski definition) is 1. The summed E-state index contributed by atoms with van der Waals surface area (Å²) in [6, 6.07) is 0. The zero-order valence-corrected chi connectivity index (χ0v) is 23.7. The monoisotopic (exact) mass is 516 g/mol. The Balaban J connectivity index is 1.49. The van der Waals surface area contributed by atoms with Crippen molar-refractivity contribution in [1.29, 1.82) is 0 Å². The van der Waals surface area contributed by atoms with Gasteiger partial charge < -0.3 is 24.1 Å². The Morgan fingerprint density at radius 3 is 2.38 bits per heavy atom. The molecule has 1 saturated carbocycles. The molecule has 4 rings (SSSR count). The maximum Gasteiger partial charge on any atom is 0.199 e. The second kappa shape index (κ2) is 14.9. The van der Waals surface area contributed by atoms with Gasteiger partial charge in [-0.2, -0.15) is 0 Å². The van der Waals surface area contributed by atoms with Crippen molar-refractivity contribution in [2.24, 2.45) is 23.7 Å². The molecule has 5 nitrogen and oxygen atoms in total. The number of aliphatic hydroxyl groups excluding tert-OH is 1. The summed E-state index contributed by atoms with van der Waals surface area (Å²) in [4.78, 5) is 0. The lowest BCUT2D eigenvalue weighted by Gasteiger charge is -2.34. The van der Waals surface area contributed by atoms with Gasteiger partial charge in [0.05, 0.1) is 12.7 Å². The molecule has 0 aromatic carbocycles. The normalized spacial score (nSPS) is 33.1. The van der Waals surface area contributed by atoms with Crippen molar-refractivity contribution in [2.45, 2.75) is 123 Å². The first-order chi connectivity index (χ1) is 18.0. The molecule has 2 aliphatic heterocycles. The van der Waals surface area contributed by atoms with Crippen LogP contribution in [-0.4, -0.2) is 43.6 Å². The molecule has 7 atom stereocenters. The zero-order chi connectivity index (χ0) is 26.0. The van der Waals surface area contributed by atoms with Crippen LogP contribution in [0.2, 0.25) is 0 Å². The second-order valence-corrected chi connectivity index (χ2v) is 12.1.